The Morgan fingerprint density at radius 2 is 1.96 bits per heavy atom. The van der Waals surface area contributed by atoms with E-state index in [9.17, 15) is 18.0 Å². The number of aromatic nitrogens is 2. The van der Waals surface area contributed by atoms with Gasteiger partial charge in [-0.25, -0.2) is 0 Å². The van der Waals surface area contributed by atoms with E-state index < -0.39 is 17.2 Å². The molecule has 23 heavy (non-hydrogen) atoms. The van der Waals surface area contributed by atoms with E-state index in [0.29, 0.717) is 35.6 Å². The maximum atomic E-state index is 13.4. The van der Waals surface area contributed by atoms with Gasteiger partial charge in [0.1, 0.15) is 0 Å². The second-order valence-corrected chi connectivity index (χ2v) is 5.76. The molecule has 2 heterocycles. The van der Waals surface area contributed by atoms with Crippen LogP contribution in [0.15, 0.2) is 35.4 Å². The Bertz CT molecular complexity index is 922. The molecule has 7 heteroatoms. The van der Waals surface area contributed by atoms with Gasteiger partial charge in [0.15, 0.2) is 5.43 Å². The van der Waals surface area contributed by atoms with Gasteiger partial charge in [-0.2, -0.15) is 13.2 Å². The number of pyridine rings is 1. The summed E-state index contributed by atoms with van der Waals surface area (Å²) in [6, 6.07) is 3.57. The summed E-state index contributed by atoms with van der Waals surface area (Å²) in [5, 5.41) is 0.574. The zero-order chi connectivity index (χ0) is 16.8. The lowest BCUT2D eigenvalue weighted by Crippen LogP contribution is -2.18. The smallest absolute Gasteiger partial charge is 0.366 e. The third-order valence-corrected chi connectivity index (χ3v) is 3.86. The molecule has 0 bridgehead atoms. The maximum absolute atomic E-state index is 13.4. The number of hydrogen-bond acceptors (Lipinski definition) is 2. The molecule has 0 fully saturated rings. The molecule has 1 aromatic carbocycles. The highest BCUT2D eigenvalue weighted by Crippen LogP contribution is 2.38. The van der Waals surface area contributed by atoms with Crippen LogP contribution >= 0.6 is 0 Å². The molecule has 2 aromatic heterocycles. The molecule has 1 N–H and O–H groups in total. The summed E-state index contributed by atoms with van der Waals surface area (Å²) in [4.78, 5) is 16.6. The minimum absolute atomic E-state index is 0.0832. The summed E-state index contributed by atoms with van der Waals surface area (Å²) < 4.78 is 41.9. The molecule has 0 atom stereocenters. The Hall–Kier alpha value is -2.28. The fourth-order valence-electron chi connectivity index (χ4n) is 2.85. The number of H-pyrrole nitrogens is 1. The molecule has 0 saturated carbocycles. The highest BCUT2D eigenvalue weighted by Gasteiger charge is 2.34. The van der Waals surface area contributed by atoms with Crippen molar-refractivity contribution < 1.29 is 13.2 Å². The van der Waals surface area contributed by atoms with Crippen LogP contribution in [0.1, 0.15) is 5.56 Å². The molecule has 122 valence electrons. The third kappa shape index (κ3) is 2.72. The first-order valence-electron chi connectivity index (χ1n) is 7.14. The normalized spacial score (nSPS) is 12.6. The van der Waals surface area contributed by atoms with Gasteiger partial charge in [0.25, 0.3) is 0 Å². The maximum Gasteiger partial charge on any atom is 0.417 e. The Morgan fingerprint density at radius 3 is 2.61 bits per heavy atom. The number of halogens is 3. The quantitative estimate of drug-likeness (QED) is 0.805. The van der Waals surface area contributed by atoms with Gasteiger partial charge >= 0.3 is 6.18 Å². The van der Waals surface area contributed by atoms with Crippen LogP contribution in [0.3, 0.4) is 0 Å². The molecule has 0 aliphatic rings. The van der Waals surface area contributed by atoms with Gasteiger partial charge in [0, 0.05) is 42.3 Å². The number of nitrogens with one attached hydrogen (secondary N) is 1. The van der Waals surface area contributed by atoms with Crippen molar-refractivity contribution in [1.82, 2.24) is 14.5 Å². The van der Waals surface area contributed by atoms with E-state index >= 15 is 0 Å². The second-order valence-electron chi connectivity index (χ2n) is 5.76. The second kappa shape index (κ2) is 5.42. The van der Waals surface area contributed by atoms with Crippen molar-refractivity contribution in [3.05, 3.63) is 46.4 Å². The number of hydrogen-bond donors (Lipinski definition) is 1. The number of likely N-dealkylation sites (N-methyl/N-ethyl adjacent to an activating group) is 1. The summed E-state index contributed by atoms with van der Waals surface area (Å²) in [6.45, 7) is 1.14. The molecular formula is C16H16F3N3O. The zero-order valence-electron chi connectivity index (χ0n) is 12.7. The molecule has 3 rings (SSSR count). The predicted octanol–water partition coefficient (Wildman–Crippen LogP) is 3.06. The minimum Gasteiger partial charge on any atom is -0.366 e. The van der Waals surface area contributed by atoms with E-state index in [0.717, 1.165) is 0 Å². The molecule has 0 amide bonds. The van der Waals surface area contributed by atoms with Crippen LogP contribution in [0.25, 0.3) is 21.8 Å². The summed E-state index contributed by atoms with van der Waals surface area (Å²) >= 11 is 0. The van der Waals surface area contributed by atoms with Crippen molar-refractivity contribution in [3.63, 3.8) is 0 Å². The molecule has 0 spiro atoms. The van der Waals surface area contributed by atoms with Crippen molar-refractivity contribution in [2.45, 2.75) is 12.7 Å². The minimum atomic E-state index is -4.57. The summed E-state index contributed by atoms with van der Waals surface area (Å²) in [5.41, 5.74) is -0.538. The van der Waals surface area contributed by atoms with E-state index in [4.69, 9.17) is 0 Å². The standard InChI is InChI=1S/C16H16F3N3O/c1-21(2)5-6-22-13-8-10(23)7-12(16(17,18)19)15(13)11-3-4-20-9-14(11)22/h3-4,7-9,20H,5-6H2,1-2H3. The largest absolute Gasteiger partial charge is 0.417 e. The topological polar surface area (TPSA) is 41.0 Å². The van der Waals surface area contributed by atoms with Crippen LogP contribution in [0, 0.1) is 0 Å². The van der Waals surface area contributed by atoms with Gasteiger partial charge in [0.2, 0.25) is 0 Å². The monoisotopic (exact) mass is 323 g/mol. The average Bonchev–Trinajstić information content (AvgIpc) is 2.76. The van der Waals surface area contributed by atoms with E-state index in [1.807, 2.05) is 19.0 Å². The average molecular weight is 323 g/mol. The van der Waals surface area contributed by atoms with Crippen molar-refractivity contribution in [3.8, 4) is 0 Å². The number of fused-ring (bicyclic) bond motifs is 3. The van der Waals surface area contributed by atoms with Crippen LogP contribution in [0.4, 0.5) is 13.2 Å². The SMILES string of the molecule is CN(C)CCn1c2c[nH]ccc2c2c(C(F)(F)F)cc(=O)cc21. The number of rotatable bonds is 3. The molecule has 0 aliphatic heterocycles. The van der Waals surface area contributed by atoms with Gasteiger partial charge in [0.05, 0.1) is 16.6 Å². The molecule has 0 saturated heterocycles. The number of nitrogens with zero attached hydrogens (tertiary/aromatic N) is 2. The lowest BCUT2D eigenvalue weighted by Gasteiger charge is -2.13. The highest BCUT2D eigenvalue weighted by atomic mass is 19.4. The van der Waals surface area contributed by atoms with Crippen LogP contribution < -0.4 is 5.43 Å². The fraction of sp³-hybridized carbons (Fsp3) is 0.312. The lowest BCUT2D eigenvalue weighted by molar-refractivity contribution is -0.136. The fourth-order valence-corrected chi connectivity index (χ4v) is 2.85. The third-order valence-electron chi connectivity index (χ3n) is 3.86. The van der Waals surface area contributed by atoms with Gasteiger partial charge in [-0.1, -0.05) is 0 Å². The number of aromatic amines is 1. The van der Waals surface area contributed by atoms with Crippen molar-refractivity contribution in [1.29, 1.82) is 0 Å². The van der Waals surface area contributed by atoms with Crippen LogP contribution in [0.2, 0.25) is 0 Å². The molecule has 0 radical (unpaired) electrons. The lowest BCUT2D eigenvalue weighted by atomic mass is 10.1. The first-order chi connectivity index (χ1) is 10.8. The molecule has 0 unspecified atom stereocenters. The van der Waals surface area contributed by atoms with Gasteiger partial charge in [-0.15, -0.1) is 0 Å². The van der Waals surface area contributed by atoms with Crippen molar-refractivity contribution in [2.24, 2.45) is 0 Å². The Kier molecular flexibility index (Phi) is 3.68. The molecule has 0 aliphatic carbocycles. The summed E-state index contributed by atoms with van der Waals surface area (Å²) in [6.07, 6.45) is -1.32. The van der Waals surface area contributed by atoms with Crippen LogP contribution in [-0.2, 0) is 12.7 Å². The van der Waals surface area contributed by atoms with Crippen LogP contribution in [0.5, 0.6) is 0 Å². The Morgan fingerprint density at radius 1 is 1.22 bits per heavy atom. The van der Waals surface area contributed by atoms with Gasteiger partial charge in [-0.05, 0) is 26.2 Å². The van der Waals surface area contributed by atoms with E-state index in [2.05, 4.69) is 4.98 Å². The van der Waals surface area contributed by atoms with Gasteiger partial charge in [-0.3, -0.25) is 4.79 Å². The van der Waals surface area contributed by atoms with Crippen molar-refractivity contribution >= 4 is 21.8 Å². The molecule has 4 nitrogen and oxygen atoms in total. The Balaban J connectivity index is 2.42. The van der Waals surface area contributed by atoms with Gasteiger partial charge < -0.3 is 14.5 Å². The predicted molar refractivity (Wildman–Crippen MR) is 83.6 cm³/mol. The van der Waals surface area contributed by atoms with E-state index in [-0.39, 0.29) is 5.39 Å². The van der Waals surface area contributed by atoms with E-state index in [1.165, 1.54) is 6.07 Å². The van der Waals surface area contributed by atoms with E-state index in [1.54, 1.807) is 23.0 Å². The highest BCUT2D eigenvalue weighted by molar-refractivity contribution is 6.09. The van der Waals surface area contributed by atoms with Crippen molar-refractivity contribution in [2.75, 3.05) is 20.6 Å². The zero-order valence-corrected chi connectivity index (χ0v) is 12.7. The molecule has 3 aromatic rings. The van der Waals surface area contributed by atoms with Crippen LogP contribution in [-0.4, -0.2) is 35.1 Å². The summed E-state index contributed by atoms with van der Waals surface area (Å²) in [7, 11) is 3.78. The number of benzene rings is 1. The number of alkyl halides is 3. The first kappa shape index (κ1) is 15.6. The molecular weight excluding hydrogens is 307 g/mol. The Labute approximate surface area is 130 Å². The first-order valence-corrected chi connectivity index (χ1v) is 7.14. The summed E-state index contributed by atoms with van der Waals surface area (Å²) in [5.74, 6) is 0.